The minimum Gasteiger partial charge on any atom is -0.316 e. The fourth-order valence-corrected chi connectivity index (χ4v) is 3.58. The first-order valence-corrected chi connectivity index (χ1v) is 7.03. The zero-order chi connectivity index (χ0) is 12.6. The van der Waals surface area contributed by atoms with Gasteiger partial charge in [-0.25, -0.2) is 4.39 Å². The van der Waals surface area contributed by atoms with E-state index in [1.807, 2.05) is 6.07 Å². The average molecular weight is 248 g/mol. The molecule has 0 amide bonds. The van der Waals surface area contributed by atoms with E-state index < -0.39 is 5.67 Å². The summed E-state index contributed by atoms with van der Waals surface area (Å²) in [6.07, 6.45) is 5.78. The number of aryl methyl sites for hydroxylation is 1. The molecule has 3 heteroatoms. The summed E-state index contributed by atoms with van der Waals surface area (Å²) in [4.78, 5) is 4.44. The normalized spacial score (nSPS) is 30.8. The molecule has 0 aromatic carbocycles. The Kier molecular flexibility index (Phi) is 3.10. The van der Waals surface area contributed by atoms with Crippen molar-refractivity contribution in [3.8, 4) is 0 Å². The molecule has 1 aromatic heterocycles. The highest BCUT2D eigenvalue weighted by Crippen LogP contribution is 2.46. The highest BCUT2D eigenvalue weighted by molar-refractivity contribution is 5.31. The van der Waals surface area contributed by atoms with E-state index in [0.717, 1.165) is 44.5 Å². The van der Waals surface area contributed by atoms with Crippen molar-refractivity contribution in [2.45, 2.75) is 44.2 Å². The molecule has 1 N–H and O–H groups in total. The molecule has 0 bridgehead atoms. The lowest BCUT2D eigenvalue weighted by atomic mass is 9.75. The van der Waals surface area contributed by atoms with E-state index in [4.69, 9.17) is 0 Å². The number of rotatable bonds is 2. The van der Waals surface area contributed by atoms with Crippen molar-refractivity contribution in [3.63, 3.8) is 0 Å². The largest absolute Gasteiger partial charge is 0.316 e. The quantitative estimate of drug-likeness (QED) is 0.870. The lowest BCUT2D eigenvalue weighted by molar-refractivity contribution is 0.0521. The Balaban J connectivity index is 1.86. The van der Waals surface area contributed by atoms with Gasteiger partial charge in [-0.3, -0.25) is 4.98 Å². The SMILES string of the molecule is CC(F)(C1CCCNC1)C1CCc2cccnc21. The van der Waals surface area contributed by atoms with Crippen molar-refractivity contribution in [1.82, 2.24) is 10.3 Å². The van der Waals surface area contributed by atoms with Gasteiger partial charge in [-0.05, 0) is 50.8 Å². The molecule has 2 heterocycles. The number of piperidine rings is 1. The number of pyridine rings is 1. The zero-order valence-corrected chi connectivity index (χ0v) is 11.0. The van der Waals surface area contributed by atoms with Gasteiger partial charge in [-0.2, -0.15) is 0 Å². The highest BCUT2D eigenvalue weighted by atomic mass is 19.1. The van der Waals surface area contributed by atoms with Crippen LogP contribution in [0, 0.1) is 5.92 Å². The Bertz CT molecular complexity index is 424. The van der Waals surface area contributed by atoms with Crippen LogP contribution in [0.3, 0.4) is 0 Å². The topological polar surface area (TPSA) is 24.9 Å². The van der Waals surface area contributed by atoms with E-state index in [-0.39, 0.29) is 11.8 Å². The second-order valence-electron chi connectivity index (χ2n) is 5.83. The first-order chi connectivity index (χ1) is 8.69. The number of hydrogen-bond acceptors (Lipinski definition) is 2. The lowest BCUT2D eigenvalue weighted by Crippen LogP contribution is -2.44. The van der Waals surface area contributed by atoms with Crippen molar-refractivity contribution in [2.75, 3.05) is 13.1 Å². The van der Waals surface area contributed by atoms with Gasteiger partial charge in [0, 0.05) is 30.3 Å². The molecule has 1 fully saturated rings. The monoisotopic (exact) mass is 248 g/mol. The third-order valence-electron chi connectivity index (χ3n) is 4.73. The Morgan fingerprint density at radius 3 is 3.11 bits per heavy atom. The van der Waals surface area contributed by atoms with E-state index in [0.29, 0.717) is 0 Å². The first kappa shape index (κ1) is 12.1. The second kappa shape index (κ2) is 4.61. The maximum Gasteiger partial charge on any atom is 0.120 e. The van der Waals surface area contributed by atoms with Gasteiger partial charge in [-0.1, -0.05) is 6.07 Å². The van der Waals surface area contributed by atoms with Gasteiger partial charge in [0.2, 0.25) is 0 Å². The van der Waals surface area contributed by atoms with Crippen molar-refractivity contribution in [3.05, 3.63) is 29.6 Å². The van der Waals surface area contributed by atoms with Crippen LogP contribution in [0.5, 0.6) is 0 Å². The van der Waals surface area contributed by atoms with Gasteiger partial charge in [-0.15, -0.1) is 0 Å². The molecule has 1 aromatic rings. The molecule has 18 heavy (non-hydrogen) atoms. The molecular weight excluding hydrogens is 227 g/mol. The van der Waals surface area contributed by atoms with Crippen LogP contribution in [-0.4, -0.2) is 23.7 Å². The Morgan fingerprint density at radius 1 is 1.44 bits per heavy atom. The van der Waals surface area contributed by atoms with Crippen LogP contribution in [0.4, 0.5) is 4.39 Å². The summed E-state index contributed by atoms with van der Waals surface area (Å²) in [5, 5.41) is 3.33. The van der Waals surface area contributed by atoms with Gasteiger partial charge < -0.3 is 5.32 Å². The molecule has 3 atom stereocenters. The predicted molar refractivity (Wildman–Crippen MR) is 70.4 cm³/mol. The van der Waals surface area contributed by atoms with E-state index in [9.17, 15) is 0 Å². The molecule has 0 spiro atoms. The Labute approximate surface area is 108 Å². The van der Waals surface area contributed by atoms with Crippen molar-refractivity contribution >= 4 is 0 Å². The van der Waals surface area contributed by atoms with Crippen LogP contribution in [0.2, 0.25) is 0 Å². The molecular formula is C15H21FN2. The van der Waals surface area contributed by atoms with Crippen LogP contribution < -0.4 is 5.32 Å². The van der Waals surface area contributed by atoms with Crippen molar-refractivity contribution in [1.29, 1.82) is 0 Å². The van der Waals surface area contributed by atoms with E-state index >= 15 is 4.39 Å². The molecule has 98 valence electrons. The third-order valence-corrected chi connectivity index (χ3v) is 4.73. The van der Waals surface area contributed by atoms with Crippen molar-refractivity contribution < 1.29 is 4.39 Å². The summed E-state index contributed by atoms with van der Waals surface area (Å²) in [5.41, 5.74) is 1.12. The Morgan fingerprint density at radius 2 is 2.33 bits per heavy atom. The number of halogens is 1. The Hall–Kier alpha value is -0.960. The average Bonchev–Trinajstić information content (AvgIpc) is 2.84. The summed E-state index contributed by atoms with van der Waals surface area (Å²) < 4.78 is 15.3. The highest BCUT2D eigenvalue weighted by Gasteiger charge is 2.45. The minimum atomic E-state index is -1.13. The summed E-state index contributed by atoms with van der Waals surface area (Å²) >= 11 is 0. The van der Waals surface area contributed by atoms with E-state index in [1.54, 1.807) is 13.1 Å². The van der Waals surface area contributed by atoms with Gasteiger partial charge >= 0.3 is 0 Å². The summed E-state index contributed by atoms with van der Waals surface area (Å²) in [6.45, 7) is 3.64. The zero-order valence-electron chi connectivity index (χ0n) is 11.0. The van der Waals surface area contributed by atoms with Crippen molar-refractivity contribution in [2.24, 2.45) is 5.92 Å². The summed E-state index contributed by atoms with van der Waals surface area (Å²) in [5.74, 6) is 0.114. The number of nitrogens with zero attached hydrogens (tertiary/aromatic N) is 1. The van der Waals surface area contributed by atoms with Crippen LogP contribution in [-0.2, 0) is 6.42 Å². The smallest absolute Gasteiger partial charge is 0.120 e. The first-order valence-electron chi connectivity index (χ1n) is 7.03. The second-order valence-corrected chi connectivity index (χ2v) is 5.83. The van der Waals surface area contributed by atoms with Gasteiger partial charge in [0.25, 0.3) is 0 Å². The molecule has 1 aliphatic heterocycles. The number of aromatic nitrogens is 1. The lowest BCUT2D eigenvalue weighted by Gasteiger charge is -2.38. The van der Waals surface area contributed by atoms with Gasteiger partial charge in [0.15, 0.2) is 0 Å². The maximum atomic E-state index is 15.3. The molecule has 3 unspecified atom stereocenters. The van der Waals surface area contributed by atoms with Crippen LogP contribution >= 0.6 is 0 Å². The van der Waals surface area contributed by atoms with Gasteiger partial charge in [0.1, 0.15) is 5.67 Å². The van der Waals surface area contributed by atoms with Gasteiger partial charge in [0.05, 0.1) is 0 Å². The fourth-order valence-electron chi connectivity index (χ4n) is 3.58. The molecule has 2 aliphatic rings. The molecule has 0 radical (unpaired) electrons. The predicted octanol–water partition coefficient (Wildman–Crippen LogP) is 2.84. The fraction of sp³-hybridized carbons (Fsp3) is 0.667. The molecule has 3 rings (SSSR count). The maximum absolute atomic E-state index is 15.3. The summed E-state index contributed by atoms with van der Waals surface area (Å²) in [6, 6.07) is 4.05. The minimum absolute atomic E-state index is 0.0152. The molecule has 2 nitrogen and oxygen atoms in total. The van der Waals surface area contributed by atoms with Crippen LogP contribution in [0.1, 0.15) is 43.4 Å². The van der Waals surface area contributed by atoms with E-state index in [1.165, 1.54) is 5.56 Å². The standard InChI is InChI=1S/C15H21FN2/c1-15(16,12-5-3-8-17-10-12)13-7-6-11-4-2-9-18-14(11)13/h2,4,9,12-13,17H,3,5-8,10H2,1H3. The van der Waals surface area contributed by atoms with Crippen LogP contribution in [0.15, 0.2) is 18.3 Å². The number of alkyl halides is 1. The summed E-state index contributed by atoms with van der Waals surface area (Å²) in [7, 11) is 0. The van der Waals surface area contributed by atoms with Crippen LogP contribution in [0.25, 0.3) is 0 Å². The van der Waals surface area contributed by atoms with E-state index in [2.05, 4.69) is 16.4 Å². The number of nitrogens with one attached hydrogen (secondary N) is 1. The third kappa shape index (κ3) is 1.95. The molecule has 0 saturated carbocycles. The molecule has 1 aliphatic carbocycles. The number of hydrogen-bond donors (Lipinski definition) is 1. The number of fused-ring (bicyclic) bond motifs is 1. The molecule has 1 saturated heterocycles.